The number of likely N-dealkylation sites (N-methyl/N-ethyl adjacent to an activating group) is 1. The van der Waals surface area contributed by atoms with E-state index in [2.05, 4.69) is 54.4 Å². The standard InChI is InChI=1S/C9H19B5N4O/c1-18-3-5(2-15-4-18)6-16-7(17-19-6)8(10,11)9(12,13)14/h4-5H,2-3,10-14H2,1H3. The van der Waals surface area contributed by atoms with Crippen molar-refractivity contribution in [1.29, 1.82) is 0 Å². The highest BCUT2D eigenvalue weighted by atomic mass is 16.5. The van der Waals surface area contributed by atoms with Crippen molar-refractivity contribution in [2.75, 3.05) is 20.1 Å². The molecule has 10 heteroatoms. The zero-order valence-corrected chi connectivity index (χ0v) is 12.8. The molecule has 0 N–H and O–H groups in total. The second-order valence-corrected chi connectivity index (χ2v) is 6.95. The average molecular weight is 253 g/mol. The summed E-state index contributed by atoms with van der Waals surface area (Å²) in [4.78, 5) is 11.0. The fourth-order valence-corrected chi connectivity index (χ4v) is 1.91. The van der Waals surface area contributed by atoms with Gasteiger partial charge >= 0.3 is 0 Å². The predicted molar refractivity (Wildman–Crippen MR) is 90.1 cm³/mol. The lowest BCUT2D eigenvalue weighted by Gasteiger charge is -2.36. The molecule has 1 aromatic heterocycles. The molecule has 0 aliphatic carbocycles. The Morgan fingerprint density at radius 3 is 2.58 bits per heavy atom. The van der Waals surface area contributed by atoms with Gasteiger partial charge in [-0.3, -0.25) is 4.99 Å². The van der Waals surface area contributed by atoms with Gasteiger partial charge in [0.1, 0.15) is 15.7 Å². The van der Waals surface area contributed by atoms with E-state index in [1.807, 2.05) is 18.3 Å². The summed E-state index contributed by atoms with van der Waals surface area (Å²) in [5, 5.41) is 4.15. The van der Waals surface area contributed by atoms with E-state index in [1.54, 1.807) is 0 Å². The van der Waals surface area contributed by atoms with E-state index in [-0.39, 0.29) is 16.2 Å². The van der Waals surface area contributed by atoms with Gasteiger partial charge in [-0.25, -0.2) is 0 Å². The number of aliphatic imine (C=N–C) groups is 1. The number of aromatic nitrogens is 2. The summed E-state index contributed by atoms with van der Waals surface area (Å²) in [6, 6.07) is 0. The van der Waals surface area contributed by atoms with E-state index < -0.39 is 0 Å². The third-order valence-corrected chi connectivity index (χ3v) is 4.34. The van der Waals surface area contributed by atoms with E-state index in [9.17, 15) is 0 Å². The molecule has 0 amide bonds. The lowest BCUT2D eigenvalue weighted by molar-refractivity contribution is 0.320. The molecule has 0 fully saturated rings. The first-order valence-corrected chi connectivity index (χ1v) is 6.76. The molecular weight excluding hydrogens is 234 g/mol. The van der Waals surface area contributed by atoms with E-state index >= 15 is 0 Å². The molecule has 0 radical (unpaired) electrons. The number of hydrogen-bond acceptors (Lipinski definition) is 5. The van der Waals surface area contributed by atoms with Crippen molar-refractivity contribution in [3.05, 3.63) is 11.7 Å². The molecule has 0 spiro atoms. The maximum atomic E-state index is 5.47. The SMILES string of the molecule is BC(B)(B)C(B)(B)c1noc(C2CN=CN(C)C2)n1. The minimum Gasteiger partial charge on any atom is -0.365 e. The zero-order valence-electron chi connectivity index (χ0n) is 12.8. The molecule has 1 unspecified atom stereocenters. The second-order valence-electron chi connectivity index (χ2n) is 6.95. The van der Waals surface area contributed by atoms with Crippen molar-refractivity contribution in [2.45, 2.75) is 16.2 Å². The number of nitrogens with zero attached hydrogens (tertiary/aromatic N) is 4. The second kappa shape index (κ2) is 4.80. The highest BCUT2D eigenvalue weighted by molar-refractivity contribution is 6.66. The first-order chi connectivity index (χ1) is 8.72. The van der Waals surface area contributed by atoms with Crippen LogP contribution in [0, 0.1) is 0 Å². The van der Waals surface area contributed by atoms with Crippen LogP contribution in [0.1, 0.15) is 17.6 Å². The molecule has 1 atom stereocenters. The van der Waals surface area contributed by atoms with Crippen LogP contribution in [-0.4, -0.2) is 80.7 Å². The van der Waals surface area contributed by atoms with E-state index in [4.69, 9.17) is 4.52 Å². The van der Waals surface area contributed by atoms with Gasteiger partial charge in [-0.15, -0.1) is 5.11 Å². The summed E-state index contributed by atoms with van der Waals surface area (Å²) in [5.74, 6) is 1.69. The third-order valence-electron chi connectivity index (χ3n) is 4.34. The molecule has 0 saturated heterocycles. The Morgan fingerprint density at radius 2 is 2.00 bits per heavy atom. The van der Waals surface area contributed by atoms with Gasteiger partial charge < -0.3 is 9.42 Å². The molecule has 1 aliphatic heterocycles. The first-order valence-electron chi connectivity index (χ1n) is 6.76. The number of rotatable bonds is 3. The van der Waals surface area contributed by atoms with Crippen LogP contribution in [0.25, 0.3) is 0 Å². The lowest BCUT2D eigenvalue weighted by atomic mass is 9.23. The molecule has 0 saturated carbocycles. The fourth-order valence-electron chi connectivity index (χ4n) is 1.91. The van der Waals surface area contributed by atoms with Crippen LogP contribution in [0.4, 0.5) is 0 Å². The molecule has 2 heterocycles. The van der Waals surface area contributed by atoms with Gasteiger partial charge in [-0.05, 0) is 5.21 Å². The van der Waals surface area contributed by atoms with Crippen molar-refractivity contribution in [3.63, 3.8) is 0 Å². The van der Waals surface area contributed by atoms with Crippen LogP contribution in [0.15, 0.2) is 9.52 Å². The van der Waals surface area contributed by atoms with Crippen molar-refractivity contribution < 1.29 is 4.52 Å². The van der Waals surface area contributed by atoms with Crippen LogP contribution >= 0.6 is 0 Å². The topological polar surface area (TPSA) is 54.5 Å². The molecule has 1 aromatic rings. The minimum absolute atomic E-state index is 0.0790. The molecular formula is C9H19B5N4O. The molecule has 1 aliphatic rings. The van der Waals surface area contributed by atoms with E-state index in [0.29, 0.717) is 5.89 Å². The summed E-state index contributed by atoms with van der Waals surface area (Å²) < 4.78 is 5.47. The summed E-state index contributed by atoms with van der Waals surface area (Å²) in [6.45, 7) is 1.60. The monoisotopic (exact) mass is 254 g/mol. The highest BCUT2D eigenvalue weighted by Gasteiger charge is 2.38. The van der Waals surface area contributed by atoms with Crippen molar-refractivity contribution in [3.8, 4) is 0 Å². The summed E-state index contributed by atoms with van der Waals surface area (Å²) in [7, 11) is 12.9. The summed E-state index contributed by atoms with van der Waals surface area (Å²) in [5.41, 5.74) is 0. The third kappa shape index (κ3) is 2.77. The van der Waals surface area contributed by atoms with Gasteiger partial charge in [-0.2, -0.15) is 4.98 Å². The molecule has 5 nitrogen and oxygen atoms in total. The first kappa shape index (κ1) is 14.3. The number of hydrogen-bond donors (Lipinski definition) is 0. The van der Waals surface area contributed by atoms with Crippen molar-refractivity contribution in [1.82, 2.24) is 15.0 Å². The molecule has 96 valence electrons. The van der Waals surface area contributed by atoms with Crippen LogP contribution in [-0.2, 0) is 5.21 Å². The van der Waals surface area contributed by atoms with Crippen LogP contribution in [0.5, 0.6) is 0 Å². The maximum absolute atomic E-state index is 5.47. The average Bonchev–Trinajstić information content (AvgIpc) is 2.77. The maximum Gasteiger partial charge on any atom is 0.233 e. The Morgan fingerprint density at radius 1 is 1.32 bits per heavy atom. The summed E-state index contributed by atoms with van der Waals surface area (Å²) >= 11 is 0. The van der Waals surface area contributed by atoms with Gasteiger partial charge in [0.25, 0.3) is 0 Å². The normalized spacial score (nSPS) is 20.7. The Labute approximate surface area is 119 Å². The van der Waals surface area contributed by atoms with Crippen molar-refractivity contribution >= 4 is 45.6 Å². The Balaban J connectivity index is 2.22. The largest absolute Gasteiger partial charge is 0.365 e. The predicted octanol–water partition coefficient (Wildman–Crippen LogP) is -4.48. The van der Waals surface area contributed by atoms with Crippen LogP contribution in [0.2, 0.25) is 5.11 Å². The Bertz CT molecular complexity index is 483. The zero-order chi connectivity index (χ0) is 14.3. The summed E-state index contributed by atoms with van der Waals surface area (Å²) in [6.07, 6.45) is 1.85. The van der Waals surface area contributed by atoms with Gasteiger partial charge in [-0.1, -0.05) is 5.16 Å². The van der Waals surface area contributed by atoms with Gasteiger partial charge in [0.2, 0.25) is 5.89 Å². The van der Waals surface area contributed by atoms with E-state index in [1.165, 1.54) is 0 Å². The van der Waals surface area contributed by atoms with Gasteiger partial charge in [0.05, 0.1) is 42.3 Å². The Hall–Kier alpha value is -1.07. The molecule has 19 heavy (non-hydrogen) atoms. The van der Waals surface area contributed by atoms with Crippen LogP contribution in [0.3, 0.4) is 0 Å². The molecule has 2 rings (SSSR count). The molecule has 0 aromatic carbocycles. The van der Waals surface area contributed by atoms with Gasteiger partial charge in [0, 0.05) is 13.6 Å². The fraction of sp³-hybridized carbons (Fsp3) is 0.667. The molecule has 0 bridgehead atoms. The lowest BCUT2D eigenvalue weighted by Crippen LogP contribution is -2.44. The Kier molecular flexibility index (Phi) is 3.62. The van der Waals surface area contributed by atoms with Crippen molar-refractivity contribution in [2.24, 2.45) is 4.99 Å². The van der Waals surface area contributed by atoms with Gasteiger partial charge in [0.15, 0.2) is 5.82 Å². The van der Waals surface area contributed by atoms with Crippen LogP contribution < -0.4 is 0 Å². The highest BCUT2D eigenvalue weighted by Crippen LogP contribution is 2.33. The van der Waals surface area contributed by atoms with E-state index in [0.717, 1.165) is 18.9 Å². The smallest absolute Gasteiger partial charge is 0.233 e. The quantitative estimate of drug-likeness (QED) is 0.510. The minimum atomic E-state index is -0.126.